The molecule has 0 bridgehead atoms. The van der Waals surface area contributed by atoms with Gasteiger partial charge >= 0.3 is 5.97 Å². The lowest BCUT2D eigenvalue weighted by molar-refractivity contribution is -0.142. The van der Waals surface area contributed by atoms with Crippen molar-refractivity contribution in [1.82, 2.24) is 14.9 Å². The normalized spacial score (nSPS) is 22.1. The highest BCUT2D eigenvalue weighted by molar-refractivity contribution is 7.08. The van der Waals surface area contributed by atoms with Gasteiger partial charge in [0.25, 0.3) is 5.91 Å². The van der Waals surface area contributed by atoms with Crippen molar-refractivity contribution in [3.8, 4) is 0 Å². The van der Waals surface area contributed by atoms with Crippen molar-refractivity contribution in [3.05, 3.63) is 10.6 Å². The highest BCUT2D eigenvalue weighted by Crippen LogP contribution is 2.31. The molecule has 20 heavy (non-hydrogen) atoms. The summed E-state index contributed by atoms with van der Waals surface area (Å²) in [5.74, 6) is -1.11. The lowest BCUT2D eigenvalue weighted by Crippen LogP contribution is -2.33. The smallest absolute Gasteiger partial charge is 0.306 e. The van der Waals surface area contributed by atoms with Gasteiger partial charge in [-0.1, -0.05) is 24.8 Å². The number of hydrogen-bond donors (Lipinski definition) is 2. The number of carboxylic acid groups (broad SMARTS) is 1. The first-order valence-electron chi connectivity index (χ1n) is 6.84. The molecule has 1 aliphatic carbocycles. The minimum absolute atomic E-state index is 0.0276. The molecule has 0 saturated heterocycles. The lowest BCUT2D eigenvalue weighted by Gasteiger charge is -2.16. The molecule has 110 valence electrons. The molecule has 2 rings (SSSR count). The molecule has 2 N–H and O–H groups in total. The van der Waals surface area contributed by atoms with Crippen LogP contribution >= 0.6 is 11.5 Å². The van der Waals surface area contributed by atoms with Crippen LogP contribution in [0.1, 0.15) is 54.4 Å². The van der Waals surface area contributed by atoms with E-state index in [-0.39, 0.29) is 23.7 Å². The van der Waals surface area contributed by atoms with Gasteiger partial charge in [-0.25, -0.2) is 0 Å². The predicted molar refractivity (Wildman–Crippen MR) is 74.8 cm³/mol. The first kappa shape index (κ1) is 14.9. The van der Waals surface area contributed by atoms with Gasteiger partial charge in [0.1, 0.15) is 4.88 Å². The Morgan fingerprint density at radius 3 is 2.85 bits per heavy atom. The van der Waals surface area contributed by atoms with Gasteiger partial charge in [0.15, 0.2) is 0 Å². The fraction of sp³-hybridized carbons (Fsp3) is 0.692. The molecule has 1 heterocycles. The third kappa shape index (κ3) is 3.15. The summed E-state index contributed by atoms with van der Waals surface area (Å²) >= 11 is 1.09. The fourth-order valence-electron chi connectivity index (χ4n) is 2.64. The first-order chi connectivity index (χ1) is 9.50. The number of aliphatic carboxylic acids is 1. The number of amides is 1. The maximum atomic E-state index is 12.1. The van der Waals surface area contributed by atoms with E-state index in [4.69, 9.17) is 5.11 Å². The molecule has 1 aromatic rings. The fourth-order valence-corrected chi connectivity index (χ4v) is 3.38. The van der Waals surface area contributed by atoms with Crippen LogP contribution in [0.25, 0.3) is 0 Å². The van der Waals surface area contributed by atoms with E-state index in [2.05, 4.69) is 14.9 Å². The molecule has 1 fully saturated rings. The van der Waals surface area contributed by atoms with Crippen LogP contribution in [-0.2, 0) is 4.79 Å². The number of rotatable bonds is 5. The zero-order valence-corrected chi connectivity index (χ0v) is 12.4. The second kappa shape index (κ2) is 6.30. The molecular formula is C13H19N3O3S. The largest absolute Gasteiger partial charge is 0.481 e. The number of aromatic nitrogens is 2. The predicted octanol–water partition coefficient (Wildman–Crippen LogP) is 1.89. The average molecular weight is 297 g/mol. The maximum absolute atomic E-state index is 12.1. The zero-order valence-electron chi connectivity index (χ0n) is 11.6. The Bertz CT molecular complexity index is 501. The molecule has 0 spiro atoms. The van der Waals surface area contributed by atoms with E-state index in [0.717, 1.165) is 24.4 Å². The van der Waals surface area contributed by atoms with E-state index in [1.54, 1.807) is 0 Å². The molecule has 1 aromatic heterocycles. The van der Waals surface area contributed by atoms with Gasteiger partial charge in [-0.2, -0.15) is 0 Å². The van der Waals surface area contributed by atoms with E-state index in [9.17, 15) is 9.59 Å². The van der Waals surface area contributed by atoms with Gasteiger partial charge in [-0.15, -0.1) is 5.10 Å². The van der Waals surface area contributed by atoms with E-state index in [1.807, 2.05) is 13.8 Å². The van der Waals surface area contributed by atoms with Crippen LogP contribution in [0.15, 0.2) is 0 Å². The van der Waals surface area contributed by atoms with Crippen molar-refractivity contribution < 1.29 is 14.7 Å². The van der Waals surface area contributed by atoms with Crippen LogP contribution in [0.4, 0.5) is 0 Å². The van der Waals surface area contributed by atoms with Crippen LogP contribution in [0.5, 0.6) is 0 Å². The second-order valence-corrected chi connectivity index (χ2v) is 6.24. The molecule has 1 amide bonds. The Balaban J connectivity index is 1.95. The maximum Gasteiger partial charge on any atom is 0.306 e. The van der Waals surface area contributed by atoms with Gasteiger partial charge in [-0.05, 0) is 36.2 Å². The Morgan fingerprint density at radius 1 is 1.45 bits per heavy atom. The van der Waals surface area contributed by atoms with Crippen LogP contribution in [-0.4, -0.2) is 33.1 Å². The summed E-state index contributed by atoms with van der Waals surface area (Å²) in [5.41, 5.74) is 0.703. The third-order valence-electron chi connectivity index (χ3n) is 3.77. The molecular weight excluding hydrogens is 278 g/mol. The topological polar surface area (TPSA) is 92.2 Å². The van der Waals surface area contributed by atoms with Crippen LogP contribution in [0.2, 0.25) is 0 Å². The number of carbonyl (C=O) groups excluding carboxylic acids is 1. The standard InChI is InChI=1S/C13H19N3O3S/c1-7(2)10-11(20-16-15-10)12(17)14-6-8-4-3-5-9(8)13(18)19/h7-9H,3-6H2,1-2H3,(H,14,17)(H,18,19). The van der Waals surface area contributed by atoms with Crippen molar-refractivity contribution >= 4 is 23.4 Å². The molecule has 7 heteroatoms. The first-order valence-corrected chi connectivity index (χ1v) is 7.61. The third-order valence-corrected chi connectivity index (χ3v) is 4.51. The monoisotopic (exact) mass is 297 g/mol. The summed E-state index contributed by atoms with van der Waals surface area (Å²) in [6.07, 6.45) is 2.47. The highest BCUT2D eigenvalue weighted by atomic mass is 32.1. The van der Waals surface area contributed by atoms with Gasteiger partial charge in [0.05, 0.1) is 11.6 Å². The van der Waals surface area contributed by atoms with E-state index >= 15 is 0 Å². The molecule has 6 nitrogen and oxygen atoms in total. The Kier molecular flexibility index (Phi) is 4.69. The molecule has 0 aromatic carbocycles. The molecule has 1 aliphatic rings. The minimum Gasteiger partial charge on any atom is -0.481 e. The van der Waals surface area contributed by atoms with Gasteiger partial charge in [0.2, 0.25) is 0 Å². The Morgan fingerprint density at radius 2 is 2.20 bits per heavy atom. The summed E-state index contributed by atoms with van der Waals surface area (Å²) in [5, 5.41) is 15.9. The van der Waals surface area contributed by atoms with Crippen LogP contribution in [0.3, 0.4) is 0 Å². The Hall–Kier alpha value is -1.50. The average Bonchev–Trinajstić information content (AvgIpc) is 3.04. The minimum atomic E-state index is -0.760. The summed E-state index contributed by atoms with van der Waals surface area (Å²) in [6.45, 7) is 4.33. The zero-order chi connectivity index (χ0) is 14.7. The lowest BCUT2D eigenvalue weighted by atomic mass is 9.96. The van der Waals surface area contributed by atoms with E-state index in [1.165, 1.54) is 0 Å². The summed E-state index contributed by atoms with van der Waals surface area (Å²) < 4.78 is 3.82. The number of carboxylic acids is 1. The summed E-state index contributed by atoms with van der Waals surface area (Å²) in [4.78, 5) is 23.8. The molecule has 1 saturated carbocycles. The Labute approximate surface area is 121 Å². The molecule has 2 unspecified atom stereocenters. The van der Waals surface area contributed by atoms with E-state index in [0.29, 0.717) is 23.5 Å². The summed E-state index contributed by atoms with van der Waals surface area (Å²) in [7, 11) is 0. The van der Waals surface area contributed by atoms with Crippen LogP contribution < -0.4 is 5.32 Å². The van der Waals surface area contributed by atoms with Gasteiger partial charge in [-0.3, -0.25) is 9.59 Å². The molecule has 0 radical (unpaired) electrons. The molecule has 2 atom stereocenters. The van der Waals surface area contributed by atoms with Crippen molar-refractivity contribution in [1.29, 1.82) is 0 Å². The highest BCUT2D eigenvalue weighted by Gasteiger charge is 2.33. The number of nitrogens with one attached hydrogen (secondary N) is 1. The van der Waals surface area contributed by atoms with Crippen molar-refractivity contribution in [3.63, 3.8) is 0 Å². The van der Waals surface area contributed by atoms with Gasteiger partial charge < -0.3 is 10.4 Å². The molecule has 0 aliphatic heterocycles. The van der Waals surface area contributed by atoms with Crippen molar-refractivity contribution in [2.45, 2.75) is 39.0 Å². The van der Waals surface area contributed by atoms with Crippen LogP contribution in [0, 0.1) is 11.8 Å². The van der Waals surface area contributed by atoms with E-state index < -0.39 is 5.97 Å². The van der Waals surface area contributed by atoms with Crippen molar-refractivity contribution in [2.75, 3.05) is 6.54 Å². The SMILES string of the molecule is CC(C)c1nnsc1C(=O)NCC1CCCC1C(=O)O. The summed E-state index contributed by atoms with van der Waals surface area (Å²) in [6, 6.07) is 0. The van der Waals surface area contributed by atoms with Crippen molar-refractivity contribution in [2.24, 2.45) is 11.8 Å². The second-order valence-electron chi connectivity index (χ2n) is 5.49. The van der Waals surface area contributed by atoms with Gasteiger partial charge in [0, 0.05) is 6.54 Å². The quantitative estimate of drug-likeness (QED) is 0.866. The number of hydrogen-bond acceptors (Lipinski definition) is 5. The number of nitrogens with zero attached hydrogens (tertiary/aromatic N) is 2. The number of carbonyl (C=O) groups is 2.